The fourth-order valence-corrected chi connectivity index (χ4v) is 2.96. The van der Waals surface area contributed by atoms with Crippen molar-refractivity contribution in [2.24, 2.45) is 0 Å². The largest absolute Gasteiger partial charge is 0.396 e. The summed E-state index contributed by atoms with van der Waals surface area (Å²) in [6, 6.07) is 6.52. The van der Waals surface area contributed by atoms with Gasteiger partial charge in [-0.3, -0.25) is 0 Å². The number of aliphatic hydroxyl groups excluding tert-OH is 1. The van der Waals surface area contributed by atoms with Gasteiger partial charge >= 0.3 is 0 Å². The van der Waals surface area contributed by atoms with Crippen LogP contribution in [0.2, 0.25) is 0 Å². The Bertz CT molecular complexity index is 495. The average molecular weight is 286 g/mol. The van der Waals surface area contributed by atoms with Gasteiger partial charge < -0.3 is 9.84 Å². The maximum absolute atomic E-state index is 12.1. The monoisotopic (exact) mass is 286 g/mol. The molecule has 0 spiro atoms. The smallest absolute Gasteiger partial charge is 0.253 e. The Kier molecular flexibility index (Phi) is 4.89. The van der Waals surface area contributed by atoms with Crippen LogP contribution < -0.4 is 4.83 Å². The molecular weight excluding hydrogens is 268 g/mol. The summed E-state index contributed by atoms with van der Waals surface area (Å²) in [6.07, 6.45) is 0.525. The highest BCUT2D eigenvalue weighted by atomic mass is 32.2. The van der Waals surface area contributed by atoms with Crippen LogP contribution in [0.25, 0.3) is 0 Å². The minimum absolute atomic E-state index is 0.0537. The summed E-state index contributed by atoms with van der Waals surface area (Å²) in [4.78, 5) is 2.76. The molecule has 1 aromatic rings. The molecule has 0 bridgehead atoms. The summed E-state index contributed by atoms with van der Waals surface area (Å²) in [7, 11) is -3.53. The number of nitrogens with zero attached hydrogens (tertiary/aromatic N) is 1. The first-order valence-corrected chi connectivity index (χ1v) is 7.65. The van der Waals surface area contributed by atoms with Gasteiger partial charge in [-0.25, -0.2) is 13.4 Å². The summed E-state index contributed by atoms with van der Waals surface area (Å²) in [5.74, 6) is 0. The summed E-state index contributed by atoms with van der Waals surface area (Å²) in [5, 5.41) is 10.5. The van der Waals surface area contributed by atoms with Crippen molar-refractivity contribution in [1.82, 2.24) is 9.84 Å². The minimum atomic E-state index is -3.53. The van der Waals surface area contributed by atoms with Gasteiger partial charge in [0.2, 0.25) is 0 Å². The van der Waals surface area contributed by atoms with Crippen molar-refractivity contribution in [1.29, 1.82) is 0 Å². The van der Waals surface area contributed by atoms with Crippen LogP contribution in [-0.4, -0.2) is 51.4 Å². The maximum atomic E-state index is 12.1. The highest BCUT2D eigenvalue weighted by Gasteiger charge is 2.19. The second kappa shape index (κ2) is 6.44. The zero-order valence-electron chi connectivity index (χ0n) is 10.6. The normalized spacial score (nSPS) is 17.5. The molecule has 19 heavy (non-hydrogen) atoms. The predicted molar refractivity (Wildman–Crippen MR) is 69.9 cm³/mol. The van der Waals surface area contributed by atoms with Crippen LogP contribution in [0.4, 0.5) is 0 Å². The molecule has 0 radical (unpaired) electrons. The molecular formula is C12H18N2O4S. The molecule has 2 rings (SSSR count). The van der Waals surface area contributed by atoms with E-state index < -0.39 is 10.0 Å². The third kappa shape index (κ3) is 3.99. The van der Waals surface area contributed by atoms with Crippen LogP contribution in [0, 0.1) is 0 Å². The molecule has 1 heterocycles. The summed E-state index contributed by atoms with van der Waals surface area (Å²) in [5.41, 5.74) is 0.910. The lowest BCUT2D eigenvalue weighted by Gasteiger charge is -2.26. The van der Waals surface area contributed by atoms with Gasteiger partial charge in [0, 0.05) is 19.7 Å². The lowest BCUT2D eigenvalue weighted by molar-refractivity contribution is 0.0272. The summed E-state index contributed by atoms with van der Waals surface area (Å²) in [6.45, 7) is 2.19. The van der Waals surface area contributed by atoms with Crippen molar-refractivity contribution in [3.05, 3.63) is 29.8 Å². The number of hydrogen-bond acceptors (Lipinski definition) is 5. The van der Waals surface area contributed by atoms with Gasteiger partial charge in [-0.1, -0.05) is 12.1 Å². The van der Waals surface area contributed by atoms with E-state index >= 15 is 0 Å². The Morgan fingerprint density at radius 2 is 1.84 bits per heavy atom. The highest BCUT2D eigenvalue weighted by Crippen LogP contribution is 2.11. The first-order chi connectivity index (χ1) is 9.12. The second-order valence-corrected chi connectivity index (χ2v) is 5.97. The number of hydrazine groups is 1. The van der Waals surface area contributed by atoms with Gasteiger partial charge in [-0.15, -0.1) is 4.83 Å². The standard InChI is InChI=1S/C12H18N2O4S/c15-8-5-11-1-3-12(4-2-11)19(16,17)13-14-6-9-18-10-7-14/h1-4,13,15H,5-10H2. The third-order valence-electron chi connectivity index (χ3n) is 2.89. The van der Waals surface area contributed by atoms with Crippen LogP contribution in [0.15, 0.2) is 29.2 Å². The van der Waals surface area contributed by atoms with E-state index in [0.717, 1.165) is 5.56 Å². The van der Waals surface area contributed by atoms with E-state index in [1.807, 2.05) is 0 Å². The first kappa shape index (κ1) is 14.4. The van der Waals surface area contributed by atoms with Crippen LogP contribution >= 0.6 is 0 Å². The molecule has 6 nitrogen and oxygen atoms in total. The number of ether oxygens (including phenoxy) is 1. The first-order valence-electron chi connectivity index (χ1n) is 6.17. The van der Waals surface area contributed by atoms with E-state index in [2.05, 4.69) is 4.83 Å². The lowest BCUT2D eigenvalue weighted by Crippen LogP contribution is -2.48. The molecule has 0 saturated carbocycles. The zero-order valence-corrected chi connectivity index (χ0v) is 11.4. The Labute approximate surface area is 113 Å². The van der Waals surface area contributed by atoms with Crippen LogP contribution in [-0.2, 0) is 21.2 Å². The molecule has 0 aromatic heterocycles. The van der Waals surface area contributed by atoms with Gasteiger partial charge in [0.1, 0.15) is 0 Å². The van der Waals surface area contributed by atoms with Crippen molar-refractivity contribution in [2.45, 2.75) is 11.3 Å². The third-order valence-corrected chi connectivity index (χ3v) is 4.29. The van der Waals surface area contributed by atoms with Crippen molar-refractivity contribution in [3.8, 4) is 0 Å². The van der Waals surface area contributed by atoms with Crippen molar-refractivity contribution in [2.75, 3.05) is 32.9 Å². The molecule has 0 amide bonds. The van der Waals surface area contributed by atoms with Gasteiger partial charge in [0.05, 0.1) is 18.1 Å². The Balaban J connectivity index is 2.05. The Morgan fingerprint density at radius 1 is 1.21 bits per heavy atom. The Hall–Kier alpha value is -0.990. The number of benzene rings is 1. The van der Waals surface area contributed by atoms with Crippen molar-refractivity contribution in [3.63, 3.8) is 0 Å². The van der Waals surface area contributed by atoms with E-state index in [1.54, 1.807) is 29.3 Å². The average Bonchev–Trinajstić information content (AvgIpc) is 2.40. The van der Waals surface area contributed by atoms with Crippen molar-refractivity contribution < 1.29 is 18.3 Å². The SMILES string of the molecule is O=S(=O)(NN1CCOCC1)c1ccc(CCO)cc1. The topological polar surface area (TPSA) is 78.9 Å². The lowest BCUT2D eigenvalue weighted by atomic mass is 10.2. The van der Waals surface area contributed by atoms with E-state index in [-0.39, 0.29) is 11.5 Å². The van der Waals surface area contributed by atoms with Crippen LogP contribution in [0.3, 0.4) is 0 Å². The molecule has 1 aliphatic heterocycles. The molecule has 1 aliphatic rings. The molecule has 1 fully saturated rings. The number of rotatable bonds is 5. The van der Waals surface area contributed by atoms with Gasteiger partial charge in [-0.2, -0.15) is 0 Å². The molecule has 2 N–H and O–H groups in total. The fourth-order valence-electron chi connectivity index (χ4n) is 1.84. The molecule has 106 valence electrons. The second-order valence-electron chi connectivity index (χ2n) is 4.31. The van der Waals surface area contributed by atoms with E-state index in [4.69, 9.17) is 9.84 Å². The molecule has 7 heteroatoms. The van der Waals surface area contributed by atoms with E-state index in [1.165, 1.54) is 0 Å². The van der Waals surface area contributed by atoms with E-state index in [0.29, 0.717) is 32.7 Å². The molecule has 0 atom stereocenters. The van der Waals surface area contributed by atoms with E-state index in [9.17, 15) is 8.42 Å². The van der Waals surface area contributed by atoms with Gasteiger partial charge in [0.25, 0.3) is 10.0 Å². The van der Waals surface area contributed by atoms with Gasteiger partial charge in [-0.05, 0) is 24.1 Å². The quantitative estimate of drug-likeness (QED) is 0.780. The molecule has 1 aromatic carbocycles. The maximum Gasteiger partial charge on any atom is 0.253 e. The predicted octanol–water partition coefficient (Wildman–Crippen LogP) is -0.253. The van der Waals surface area contributed by atoms with Gasteiger partial charge in [0.15, 0.2) is 0 Å². The number of sulfonamides is 1. The number of nitrogens with one attached hydrogen (secondary N) is 1. The zero-order chi connectivity index (χ0) is 13.7. The number of aliphatic hydroxyl groups is 1. The van der Waals surface area contributed by atoms with Crippen LogP contribution in [0.1, 0.15) is 5.56 Å². The number of morpholine rings is 1. The van der Waals surface area contributed by atoms with Crippen LogP contribution in [0.5, 0.6) is 0 Å². The minimum Gasteiger partial charge on any atom is -0.396 e. The summed E-state index contributed by atoms with van der Waals surface area (Å²) >= 11 is 0. The summed E-state index contributed by atoms with van der Waals surface area (Å²) < 4.78 is 29.4. The highest BCUT2D eigenvalue weighted by molar-refractivity contribution is 7.89. The van der Waals surface area contributed by atoms with Crippen molar-refractivity contribution >= 4 is 10.0 Å². The molecule has 1 saturated heterocycles. The number of hydrogen-bond donors (Lipinski definition) is 2. The Morgan fingerprint density at radius 3 is 2.42 bits per heavy atom. The molecule has 0 unspecified atom stereocenters. The fraction of sp³-hybridized carbons (Fsp3) is 0.500. The molecule has 0 aliphatic carbocycles.